The third-order valence-electron chi connectivity index (χ3n) is 8.59. The van der Waals surface area contributed by atoms with E-state index >= 15 is 0 Å². The van der Waals surface area contributed by atoms with Crippen molar-refractivity contribution in [3.8, 4) is 0 Å². The van der Waals surface area contributed by atoms with Gasteiger partial charge in [0, 0.05) is 39.2 Å². The number of rotatable bonds is 2. The fraction of sp³-hybridized carbons (Fsp3) is 0.609. The van der Waals surface area contributed by atoms with Crippen molar-refractivity contribution in [1.29, 1.82) is 0 Å². The number of pyridine rings is 1. The minimum Gasteiger partial charge on any atom is -0.341 e. The van der Waals surface area contributed by atoms with E-state index in [1.54, 1.807) is 23.2 Å². The van der Waals surface area contributed by atoms with Crippen LogP contribution in [0.4, 0.5) is 5.82 Å². The van der Waals surface area contributed by atoms with Crippen molar-refractivity contribution in [1.82, 2.24) is 20.1 Å². The molecule has 1 aromatic heterocycles. The fourth-order valence-corrected chi connectivity index (χ4v) is 6.85. The summed E-state index contributed by atoms with van der Waals surface area (Å²) in [6, 6.07) is 3.50. The number of hydrogen-bond acceptors (Lipinski definition) is 6. The average molecular weight is 438 g/mol. The van der Waals surface area contributed by atoms with Crippen LogP contribution in [0.5, 0.6) is 0 Å². The first kappa shape index (κ1) is 19.7. The molecule has 3 aliphatic heterocycles. The molecule has 1 spiro atoms. The van der Waals surface area contributed by atoms with Crippen molar-refractivity contribution in [3.05, 3.63) is 23.9 Å². The number of anilines is 1. The first-order valence-electron chi connectivity index (χ1n) is 11.5. The Bertz CT molecular complexity index is 1000. The number of amides is 4. The normalized spacial score (nSPS) is 32.4. The van der Waals surface area contributed by atoms with Crippen LogP contribution in [0.15, 0.2) is 18.3 Å². The molecule has 2 saturated heterocycles. The van der Waals surface area contributed by atoms with E-state index < -0.39 is 5.66 Å². The average Bonchev–Trinajstić information content (AvgIpc) is 3.48. The summed E-state index contributed by atoms with van der Waals surface area (Å²) in [4.78, 5) is 60.8. The summed E-state index contributed by atoms with van der Waals surface area (Å²) in [5.74, 6) is 0.251. The van der Waals surface area contributed by atoms with Crippen molar-refractivity contribution < 1.29 is 19.2 Å². The van der Waals surface area contributed by atoms with Gasteiger partial charge in [0.05, 0.1) is 17.4 Å². The van der Waals surface area contributed by atoms with Crippen molar-refractivity contribution in [3.63, 3.8) is 0 Å². The van der Waals surface area contributed by atoms with Crippen molar-refractivity contribution in [2.45, 2.75) is 37.8 Å². The Morgan fingerprint density at radius 3 is 2.44 bits per heavy atom. The summed E-state index contributed by atoms with van der Waals surface area (Å²) in [7, 11) is 1.91. The molecule has 4 atom stereocenters. The zero-order valence-corrected chi connectivity index (χ0v) is 18.1. The van der Waals surface area contributed by atoms with Crippen LogP contribution in [0.3, 0.4) is 0 Å². The predicted octanol–water partition coefficient (Wildman–Crippen LogP) is 0.611. The molecular weight excluding hydrogens is 410 g/mol. The molecule has 4 amide bonds. The molecule has 9 nitrogen and oxygen atoms in total. The third kappa shape index (κ3) is 2.59. The van der Waals surface area contributed by atoms with E-state index in [0.29, 0.717) is 49.1 Å². The quantitative estimate of drug-likeness (QED) is 0.680. The Morgan fingerprint density at radius 2 is 1.78 bits per heavy atom. The maximum Gasteiger partial charge on any atom is 0.256 e. The summed E-state index contributed by atoms with van der Waals surface area (Å²) < 4.78 is 0. The predicted molar refractivity (Wildman–Crippen MR) is 113 cm³/mol. The molecule has 6 rings (SSSR count). The minimum atomic E-state index is -0.593. The highest BCUT2D eigenvalue weighted by molar-refractivity contribution is 6.08. The molecule has 32 heavy (non-hydrogen) atoms. The summed E-state index contributed by atoms with van der Waals surface area (Å²) in [6.45, 7) is 0.726. The number of carbonyl (C=O) groups is 4. The molecule has 2 aliphatic carbocycles. The molecule has 0 unspecified atom stereocenters. The Labute approximate surface area is 186 Å². The third-order valence-corrected chi connectivity index (χ3v) is 8.59. The van der Waals surface area contributed by atoms with E-state index in [0.717, 1.165) is 19.3 Å². The highest BCUT2D eigenvalue weighted by Gasteiger charge is 2.61. The molecular formula is C23H27N5O4. The fourth-order valence-electron chi connectivity index (χ4n) is 6.85. The number of hydrogen-bond donors (Lipinski definition) is 1. The second kappa shape index (κ2) is 6.76. The summed E-state index contributed by atoms with van der Waals surface area (Å²) in [5, 5.41) is 3.12. The lowest BCUT2D eigenvalue weighted by molar-refractivity contribution is -0.147. The Kier molecular flexibility index (Phi) is 4.16. The van der Waals surface area contributed by atoms with Crippen LogP contribution in [-0.4, -0.2) is 70.8 Å². The first-order chi connectivity index (χ1) is 15.4. The van der Waals surface area contributed by atoms with Crippen molar-refractivity contribution in [2.24, 2.45) is 23.7 Å². The Morgan fingerprint density at radius 1 is 1.12 bits per heavy atom. The maximum absolute atomic E-state index is 13.0. The van der Waals surface area contributed by atoms with Crippen molar-refractivity contribution >= 4 is 29.4 Å². The Hall–Kier alpha value is -2.97. The smallest absolute Gasteiger partial charge is 0.256 e. The lowest BCUT2D eigenvalue weighted by atomic mass is 9.81. The summed E-state index contributed by atoms with van der Waals surface area (Å²) in [5.41, 5.74) is -0.0465. The van der Waals surface area contributed by atoms with E-state index in [-0.39, 0.29) is 42.0 Å². The van der Waals surface area contributed by atoms with Gasteiger partial charge in [0.15, 0.2) is 0 Å². The minimum absolute atomic E-state index is 0.143. The van der Waals surface area contributed by atoms with Gasteiger partial charge in [-0.05, 0) is 43.2 Å². The second-order valence-electron chi connectivity index (χ2n) is 9.95. The standard InChI is InChI=1S/C23H27N5O4/c1-26-19-15(3-2-8-24-19)20(30)25-23(26)6-9-27(10-7-23)16(29)12-28-21(31)17-13-4-5-14(11-13)18(17)22(28)32/h2-3,8,13-14,17-18H,4-7,9-12H2,1H3,(H,25,30)/t13-,14+,17-,18-/m0/s1. The molecule has 4 fully saturated rings. The topological polar surface area (TPSA) is 103 Å². The van der Waals surface area contributed by atoms with Gasteiger partial charge in [-0.2, -0.15) is 0 Å². The van der Waals surface area contributed by atoms with E-state index in [2.05, 4.69) is 10.3 Å². The SMILES string of the molecule is CN1c2ncccc2C(=O)NC12CCN(C(=O)CN1C(=O)[C@H]3[C@@H]4CC[C@@H](C4)[C@@H]3C1=O)CC2. The number of piperidine rings is 1. The lowest BCUT2D eigenvalue weighted by Crippen LogP contribution is -2.67. The van der Waals surface area contributed by atoms with Gasteiger partial charge < -0.3 is 15.1 Å². The van der Waals surface area contributed by atoms with Gasteiger partial charge in [-0.3, -0.25) is 24.1 Å². The number of nitrogens with one attached hydrogen (secondary N) is 1. The van der Waals surface area contributed by atoms with E-state index in [1.807, 2.05) is 11.9 Å². The van der Waals surface area contributed by atoms with Gasteiger partial charge in [0.2, 0.25) is 17.7 Å². The van der Waals surface area contributed by atoms with Crippen LogP contribution in [-0.2, 0) is 14.4 Å². The largest absolute Gasteiger partial charge is 0.341 e. The molecule has 168 valence electrons. The number of imide groups is 1. The Balaban J connectivity index is 1.13. The molecule has 9 heteroatoms. The van der Waals surface area contributed by atoms with E-state index in [9.17, 15) is 19.2 Å². The second-order valence-corrected chi connectivity index (χ2v) is 9.95. The number of aromatic nitrogens is 1. The monoisotopic (exact) mass is 437 g/mol. The van der Waals surface area contributed by atoms with Gasteiger partial charge in [0.1, 0.15) is 18.0 Å². The number of carbonyl (C=O) groups excluding carboxylic acids is 4. The van der Waals surface area contributed by atoms with Crippen LogP contribution >= 0.6 is 0 Å². The zero-order valence-electron chi connectivity index (χ0n) is 18.1. The molecule has 1 N–H and O–H groups in total. The molecule has 0 radical (unpaired) electrons. The molecule has 5 aliphatic rings. The molecule has 0 aromatic carbocycles. The van der Waals surface area contributed by atoms with Crippen LogP contribution in [0.2, 0.25) is 0 Å². The number of nitrogens with zero attached hydrogens (tertiary/aromatic N) is 4. The van der Waals surface area contributed by atoms with E-state index in [1.165, 1.54) is 4.90 Å². The summed E-state index contributed by atoms with van der Waals surface area (Å²) >= 11 is 0. The first-order valence-corrected chi connectivity index (χ1v) is 11.5. The van der Waals surface area contributed by atoms with Crippen molar-refractivity contribution in [2.75, 3.05) is 31.6 Å². The number of likely N-dealkylation sites (tertiary alicyclic amines) is 2. The highest BCUT2D eigenvalue weighted by atomic mass is 16.2. The van der Waals surface area contributed by atoms with Crippen LogP contribution in [0, 0.1) is 23.7 Å². The van der Waals surface area contributed by atoms with Gasteiger partial charge in [-0.1, -0.05) is 0 Å². The lowest BCUT2D eigenvalue weighted by Gasteiger charge is -2.50. The van der Waals surface area contributed by atoms with Gasteiger partial charge in [-0.25, -0.2) is 4.98 Å². The van der Waals surface area contributed by atoms with Gasteiger partial charge in [-0.15, -0.1) is 0 Å². The molecule has 2 bridgehead atoms. The van der Waals surface area contributed by atoms with Crippen LogP contribution in [0.25, 0.3) is 0 Å². The molecule has 1 aromatic rings. The summed E-state index contributed by atoms with van der Waals surface area (Å²) in [6.07, 6.45) is 5.81. The van der Waals surface area contributed by atoms with Crippen LogP contribution in [0.1, 0.15) is 42.5 Å². The highest BCUT2D eigenvalue weighted by Crippen LogP contribution is 2.56. The maximum atomic E-state index is 13.0. The van der Waals surface area contributed by atoms with Crippen LogP contribution < -0.4 is 10.2 Å². The molecule has 2 saturated carbocycles. The van der Waals surface area contributed by atoms with E-state index in [4.69, 9.17) is 0 Å². The molecule has 4 heterocycles. The zero-order chi connectivity index (χ0) is 22.2. The number of fused-ring (bicyclic) bond motifs is 6. The van der Waals surface area contributed by atoms with Gasteiger partial charge >= 0.3 is 0 Å². The van der Waals surface area contributed by atoms with Gasteiger partial charge in [0.25, 0.3) is 5.91 Å².